The van der Waals surface area contributed by atoms with Crippen LogP contribution in [0, 0.1) is 11.3 Å². The van der Waals surface area contributed by atoms with Gasteiger partial charge >= 0.3 is 5.97 Å². The molecule has 0 saturated carbocycles. The summed E-state index contributed by atoms with van der Waals surface area (Å²) in [6, 6.07) is 9.18. The first-order valence-electron chi connectivity index (χ1n) is 5.99. The number of rotatable bonds is 5. The maximum absolute atomic E-state index is 11.2. The van der Waals surface area contributed by atoms with Gasteiger partial charge < -0.3 is 10.1 Å². The summed E-state index contributed by atoms with van der Waals surface area (Å²) in [5.74, 6) is -0.108. The summed E-state index contributed by atoms with van der Waals surface area (Å²) in [6.07, 6.45) is 1.66. The second kappa shape index (κ2) is 6.81. The molecule has 0 aliphatic rings. The molecule has 1 aromatic carbocycles. The number of hydrogen-bond donors (Lipinski definition) is 2. The Kier molecular flexibility index (Phi) is 4.61. The molecule has 8 nitrogen and oxygen atoms in total. The SMILES string of the molecule is COC(=O)Cc1cccc(NC=C(C#N)c2nn[nH]n2)c1. The van der Waals surface area contributed by atoms with Crippen LogP contribution in [0.1, 0.15) is 11.4 Å². The number of tetrazole rings is 1. The van der Waals surface area contributed by atoms with Crippen molar-refractivity contribution in [3.63, 3.8) is 0 Å². The third-order valence-corrected chi connectivity index (χ3v) is 2.59. The van der Waals surface area contributed by atoms with Crippen molar-refractivity contribution in [1.29, 1.82) is 5.26 Å². The van der Waals surface area contributed by atoms with Crippen molar-refractivity contribution >= 4 is 17.2 Å². The van der Waals surface area contributed by atoms with Crippen LogP contribution in [0.2, 0.25) is 0 Å². The molecule has 2 rings (SSSR count). The number of nitrogens with one attached hydrogen (secondary N) is 2. The normalized spacial score (nSPS) is 10.8. The first-order valence-corrected chi connectivity index (χ1v) is 5.99. The minimum absolute atomic E-state index is 0.186. The Labute approximate surface area is 120 Å². The van der Waals surface area contributed by atoms with E-state index in [1.807, 2.05) is 18.2 Å². The molecule has 0 bridgehead atoms. The smallest absolute Gasteiger partial charge is 0.309 e. The molecule has 0 saturated heterocycles. The van der Waals surface area contributed by atoms with Crippen molar-refractivity contribution in [2.75, 3.05) is 12.4 Å². The zero-order valence-corrected chi connectivity index (χ0v) is 11.2. The third kappa shape index (κ3) is 3.87. The molecule has 0 aliphatic carbocycles. The number of benzene rings is 1. The van der Waals surface area contributed by atoms with Crippen molar-refractivity contribution in [2.24, 2.45) is 0 Å². The van der Waals surface area contributed by atoms with E-state index in [9.17, 15) is 4.79 Å². The molecule has 0 spiro atoms. The van der Waals surface area contributed by atoms with Gasteiger partial charge in [-0.15, -0.1) is 10.2 Å². The van der Waals surface area contributed by atoms with Crippen LogP contribution in [0.4, 0.5) is 5.69 Å². The lowest BCUT2D eigenvalue weighted by atomic mass is 10.1. The predicted molar refractivity (Wildman–Crippen MR) is 73.6 cm³/mol. The fourth-order valence-corrected chi connectivity index (χ4v) is 1.59. The van der Waals surface area contributed by atoms with Crippen LogP contribution in [0.15, 0.2) is 30.5 Å². The molecule has 0 atom stereocenters. The number of aromatic amines is 1. The molecule has 1 aromatic heterocycles. The van der Waals surface area contributed by atoms with Crippen LogP contribution in [-0.2, 0) is 16.0 Å². The maximum Gasteiger partial charge on any atom is 0.309 e. The Balaban J connectivity index is 2.11. The molecule has 0 aliphatic heterocycles. The highest BCUT2D eigenvalue weighted by Crippen LogP contribution is 2.13. The summed E-state index contributed by atoms with van der Waals surface area (Å²) in [7, 11) is 1.34. The lowest BCUT2D eigenvalue weighted by Crippen LogP contribution is -2.04. The molecule has 2 aromatic rings. The standard InChI is InChI=1S/C13H12N6O2/c1-21-12(20)6-9-3-2-4-11(5-9)15-8-10(7-14)13-16-18-19-17-13/h2-5,8,15H,6H2,1H3,(H,16,17,18,19). The average molecular weight is 284 g/mol. The zero-order chi connectivity index (χ0) is 15.1. The number of methoxy groups -OCH3 is 1. The Morgan fingerprint density at radius 1 is 1.57 bits per heavy atom. The number of anilines is 1. The Morgan fingerprint density at radius 2 is 2.43 bits per heavy atom. The van der Waals surface area contributed by atoms with Crippen LogP contribution in [0.5, 0.6) is 0 Å². The zero-order valence-electron chi connectivity index (χ0n) is 11.2. The van der Waals surface area contributed by atoms with Crippen molar-refractivity contribution in [3.8, 4) is 6.07 Å². The molecule has 106 valence electrons. The van der Waals surface area contributed by atoms with Gasteiger partial charge in [0, 0.05) is 11.9 Å². The molecule has 1 heterocycles. The number of esters is 1. The summed E-state index contributed by atoms with van der Waals surface area (Å²) in [5, 5.41) is 25.1. The number of allylic oxidation sites excluding steroid dienone is 1. The minimum atomic E-state index is -0.313. The van der Waals surface area contributed by atoms with E-state index in [4.69, 9.17) is 5.26 Å². The lowest BCUT2D eigenvalue weighted by Gasteiger charge is -2.04. The molecule has 0 unspecified atom stereocenters. The molecular formula is C13H12N6O2. The molecule has 2 N–H and O–H groups in total. The van der Waals surface area contributed by atoms with E-state index >= 15 is 0 Å². The summed E-state index contributed by atoms with van der Waals surface area (Å²) >= 11 is 0. The van der Waals surface area contributed by atoms with Gasteiger partial charge in [0.2, 0.25) is 5.82 Å². The third-order valence-electron chi connectivity index (χ3n) is 2.59. The van der Waals surface area contributed by atoms with Crippen molar-refractivity contribution in [3.05, 3.63) is 41.9 Å². The van der Waals surface area contributed by atoms with Crippen LogP contribution in [0.25, 0.3) is 5.57 Å². The van der Waals surface area contributed by atoms with E-state index in [-0.39, 0.29) is 23.8 Å². The van der Waals surface area contributed by atoms with E-state index in [0.29, 0.717) is 0 Å². The quantitative estimate of drug-likeness (QED) is 0.618. The van der Waals surface area contributed by atoms with Crippen LogP contribution in [-0.4, -0.2) is 33.7 Å². The van der Waals surface area contributed by atoms with E-state index < -0.39 is 0 Å². The first-order chi connectivity index (χ1) is 10.2. The van der Waals surface area contributed by atoms with Crippen LogP contribution >= 0.6 is 0 Å². The van der Waals surface area contributed by atoms with Gasteiger partial charge in [-0.05, 0) is 22.9 Å². The second-order valence-electron chi connectivity index (χ2n) is 4.00. The van der Waals surface area contributed by atoms with Gasteiger partial charge in [-0.2, -0.15) is 10.5 Å². The lowest BCUT2D eigenvalue weighted by molar-refractivity contribution is -0.139. The molecule has 0 amide bonds. The Hall–Kier alpha value is -3.21. The monoisotopic (exact) mass is 284 g/mol. The fraction of sp³-hybridized carbons (Fsp3) is 0.154. The summed E-state index contributed by atoms with van der Waals surface area (Å²) in [5.41, 5.74) is 1.77. The molecule has 8 heteroatoms. The number of aromatic nitrogens is 4. The van der Waals surface area contributed by atoms with Gasteiger partial charge in [-0.1, -0.05) is 12.1 Å². The Bertz CT molecular complexity index is 687. The highest BCUT2D eigenvalue weighted by molar-refractivity contribution is 5.75. The number of H-pyrrole nitrogens is 1. The average Bonchev–Trinajstić information content (AvgIpc) is 3.02. The minimum Gasteiger partial charge on any atom is -0.469 e. The first kappa shape index (κ1) is 14.2. The number of nitriles is 1. The van der Waals surface area contributed by atoms with Crippen LogP contribution < -0.4 is 5.32 Å². The second-order valence-corrected chi connectivity index (χ2v) is 4.00. The predicted octanol–water partition coefficient (Wildman–Crippen LogP) is 0.892. The largest absolute Gasteiger partial charge is 0.469 e. The number of ether oxygens (including phenoxy) is 1. The molecule has 0 fully saturated rings. The van der Waals surface area contributed by atoms with E-state index in [2.05, 4.69) is 30.7 Å². The summed E-state index contributed by atoms with van der Waals surface area (Å²) in [6.45, 7) is 0. The highest BCUT2D eigenvalue weighted by Gasteiger charge is 2.06. The van der Waals surface area contributed by atoms with Gasteiger partial charge in [0.1, 0.15) is 11.6 Å². The fourth-order valence-electron chi connectivity index (χ4n) is 1.59. The summed E-state index contributed by atoms with van der Waals surface area (Å²) < 4.78 is 4.62. The number of nitrogens with zero attached hydrogens (tertiary/aromatic N) is 4. The van der Waals surface area contributed by atoms with E-state index in [0.717, 1.165) is 11.3 Å². The van der Waals surface area contributed by atoms with Crippen LogP contribution in [0.3, 0.4) is 0 Å². The van der Waals surface area contributed by atoms with Gasteiger partial charge in [0.05, 0.1) is 13.5 Å². The van der Waals surface area contributed by atoms with E-state index in [1.165, 1.54) is 13.3 Å². The van der Waals surface area contributed by atoms with Crippen molar-refractivity contribution in [1.82, 2.24) is 20.6 Å². The van der Waals surface area contributed by atoms with Crippen molar-refractivity contribution < 1.29 is 9.53 Å². The van der Waals surface area contributed by atoms with Gasteiger partial charge in [-0.3, -0.25) is 4.79 Å². The Morgan fingerprint density at radius 3 is 3.10 bits per heavy atom. The number of hydrogen-bond acceptors (Lipinski definition) is 7. The highest BCUT2D eigenvalue weighted by atomic mass is 16.5. The van der Waals surface area contributed by atoms with Crippen molar-refractivity contribution in [2.45, 2.75) is 6.42 Å². The molecule has 0 radical (unpaired) electrons. The molecular weight excluding hydrogens is 272 g/mol. The summed E-state index contributed by atoms with van der Waals surface area (Å²) in [4.78, 5) is 11.2. The van der Waals surface area contributed by atoms with Gasteiger partial charge in [-0.25, -0.2) is 0 Å². The topological polar surface area (TPSA) is 117 Å². The van der Waals surface area contributed by atoms with Gasteiger partial charge in [0.15, 0.2) is 0 Å². The number of carbonyl (C=O) groups excluding carboxylic acids is 1. The molecule has 21 heavy (non-hydrogen) atoms. The van der Waals surface area contributed by atoms with E-state index in [1.54, 1.807) is 12.1 Å². The van der Waals surface area contributed by atoms with Gasteiger partial charge in [0.25, 0.3) is 0 Å². The maximum atomic E-state index is 11.2. The number of carbonyl (C=O) groups is 1.